The fourth-order valence-electron chi connectivity index (χ4n) is 3.62. The Kier molecular flexibility index (Phi) is 9.85. The van der Waals surface area contributed by atoms with Gasteiger partial charge in [-0.1, -0.05) is 42.5 Å². The van der Waals surface area contributed by atoms with Crippen LogP contribution in [0.2, 0.25) is 0 Å². The van der Waals surface area contributed by atoms with Crippen LogP contribution in [0.4, 0.5) is 0 Å². The van der Waals surface area contributed by atoms with Gasteiger partial charge in [-0.2, -0.15) is 0 Å². The molecule has 1 aliphatic rings. The van der Waals surface area contributed by atoms with Gasteiger partial charge in [0.15, 0.2) is 5.96 Å². The highest BCUT2D eigenvalue weighted by atomic mass is 16.5. The maximum absolute atomic E-state index is 6.14. The third-order valence-electron chi connectivity index (χ3n) is 5.64. The van der Waals surface area contributed by atoms with Crippen LogP contribution in [-0.2, 0) is 16.0 Å². The highest BCUT2D eigenvalue weighted by Gasteiger charge is 2.17. The van der Waals surface area contributed by atoms with Gasteiger partial charge in [-0.05, 0) is 43.9 Å². The summed E-state index contributed by atoms with van der Waals surface area (Å²) < 4.78 is 17.5. The lowest BCUT2D eigenvalue weighted by molar-refractivity contribution is 0.0646. The minimum absolute atomic E-state index is 0.101. The second-order valence-corrected chi connectivity index (χ2v) is 8.28. The first-order valence-electron chi connectivity index (χ1n) is 11.6. The van der Waals surface area contributed by atoms with E-state index in [0.29, 0.717) is 25.7 Å². The second-order valence-electron chi connectivity index (χ2n) is 8.28. The molecule has 0 radical (unpaired) electrons. The molecule has 1 fully saturated rings. The molecule has 2 N–H and O–H groups in total. The number of hydrogen-bond acceptors (Lipinski definition) is 4. The number of nitrogens with one attached hydrogen (secondary N) is 2. The predicted molar refractivity (Wildman–Crippen MR) is 129 cm³/mol. The summed E-state index contributed by atoms with van der Waals surface area (Å²) in [4.78, 5) is 4.34. The Balaban J connectivity index is 1.39. The fourth-order valence-corrected chi connectivity index (χ4v) is 3.62. The van der Waals surface area contributed by atoms with Crippen LogP contribution in [0.5, 0.6) is 5.75 Å². The Morgan fingerprint density at radius 1 is 1.19 bits per heavy atom. The van der Waals surface area contributed by atoms with E-state index in [2.05, 4.69) is 59.8 Å². The predicted octanol–water partition coefficient (Wildman–Crippen LogP) is 4.24. The number of aryl methyl sites for hydroxylation is 1. The molecule has 1 saturated heterocycles. The van der Waals surface area contributed by atoms with Gasteiger partial charge in [-0.15, -0.1) is 0 Å². The Bertz CT molecular complexity index is 835. The summed E-state index contributed by atoms with van der Waals surface area (Å²) in [5.74, 6) is 2.19. The molecule has 0 aromatic heterocycles. The van der Waals surface area contributed by atoms with Gasteiger partial charge in [-0.3, -0.25) is 4.99 Å². The minimum Gasteiger partial charge on any atom is -0.493 e. The molecule has 6 heteroatoms. The second kappa shape index (κ2) is 13.1. The number of nitrogens with zero attached hydrogens (tertiary/aromatic N) is 1. The summed E-state index contributed by atoms with van der Waals surface area (Å²) in [7, 11) is 1.79. The van der Waals surface area contributed by atoms with Crippen LogP contribution in [0.25, 0.3) is 0 Å². The van der Waals surface area contributed by atoms with E-state index in [-0.39, 0.29) is 6.10 Å². The molecule has 6 nitrogen and oxygen atoms in total. The number of guanidine groups is 1. The first-order chi connectivity index (χ1) is 15.7. The zero-order chi connectivity index (χ0) is 22.6. The first-order valence-corrected chi connectivity index (χ1v) is 11.6. The number of aliphatic imine (C=N–C) groups is 1. The molecule has 0 bridgehead atoms. The molecule has 0 amide bonds. The van der Waals surface area contributed by atoms with Crippen LogP contribution >= 0.6 is 0 Å². The lowest BCUT2D eigenvalue weighted by Crippen LogP contribution is -2.37. The Morgan fingerprint density at radius 2 is 2.03 bits per heavy atom. The molecule has 3 rings (SSSR count). The maximum Gasteiger partial charge on any atom is 0.191 e. The van der Waals surface area contributed by atoms with E-state index in [1.807, 2.05) is 18.2 Å². The van der Waals surface area contributed by atoms with Crippen LogP contribution in [-0.4, -0.2) is 46.0 Å². The van der Waals surface area contributed by atoms with E-state index < -0.39 is 0 Å². The van der Waals surface area contributed by atoms with Crippen LogP contribution in [0.15, 0.2) is 53.5 Å². The van der Waals surface area contributed by atoms with E-state index in [1.165, 1.54) is 11.1 Å². The molecular formula is C26H37N3O3. The summed E-state index contributed by atoms with van der Waals surface area (Å²) in [6.07, 6.45) is 2.08. The maximum atomic E-state index is 6.14. The van der Waals surface area contributed by atoms with Gasteiger partial charge in [-0.25, -0.2) is 0 Å². The summed E-state index contributed by atoms with van der Waals surface area (Å²) in [6.45, 7) is 8.65. The highest BCUT2D eigenvalue weighted by Crippen LogP contribution is 2.22. The van der Waals surface area contributed by atoms with Crippen molar-refractivity contribution in [1.29, 1.82) is 0 Å². The van der Waals surface area contributed by atoms with Crippen molar-refractivity contribution < 1.29 is 14.2 Å². The molecule has 2 unspecified atom stereocenters. The van der Waals surface area contributed by atoms with Gasteiger partial charge >= 0.3 is 0 Å². The quantitative estimate of drug-likeness (QED) is 0.311. The van der Waals surface area contributed by atoms with Gasteiger partial charge in [0.2, 0.25) is 0 Å². The van der Waals surface area contributed by atoms with E-state index in [9.17, 15) is 0 Å². The SMILES string of the molecule is CN=C(NCCCOC(C)c1ccccc1)NCc1ccc(C)cc1OCC1CCOC1. The standard InChI is InChI=1S/C26H37N3O3/c1-20-10-11-24(25(16-20)32-19-22-12-15-30-18-22)17-29-26(27-3)28-13-7-14-31-21(2)23-8-5-4-6-9-23/h4-6,8-11,16,21-22H,7,12-15,17-19H2,1-3H3,(H2,27,28,29). The molecule has 2 atom stereocenters. The van der Waals surface area contributed by atoms with Crippen molar-refractivity contribution in [2.45, 2.75) is 39.3 Å². The van der Waals surface area contributed by atoms with Crippen molar-refractivity contribution in [3.05, 3.63) is 65.2 Å². The van der Waals surface area contributed by atoms with Gasteiger partial charge < -0.3 is 24.8 Å². The zero-order valence-electron chi connectivity index (χ0n) is 19.6. The van der Waals surface area contributed by atoms with Gasteiger partial charge in [0.1, 0.15) is 5.75 Å². The van der Waals surface area contributed by atoms with Crippen molar-refractivity contribution in [3.8, 4) is 5.75 Å². The van der Waals surface area contributed by atoms with Crippen molar-refractivity contribution >= 4 is 5.96 Å². The summed E-state index contributed by atoms with van der Waals surface area (Å²) >= 11 is 0. The molecule has 2 aromatic rings. The van der Waals surface area contributed by atoms with Crippen LogP contribution in [0.1, 0.15) is 42.6 Å². The highest BCUT2D eigenvalue weighted by molar-refractivity contribution is 5.79. The lowest BCUT2D eigenvalue weighted by atomic mass is 10.1. The summed E-state index contributed by atoms with van der Waals surface area (Å²) in [5.41, 5.74) is 3.52. The third kappa shape index (κ3) is 7.84. The molecule has 0 aliphatic carbocycles. The van der Waals surface area contributed by atoms with E-state index in [0.717, 1.165) is 49.9 Å². The lowest BCUT2D eigenvalue weighted by Gasteiger charge is -2.17. The fraction of sp³-hybridized carbons (Fsp3) is 0.500. The topological polar surface area (TPSA) is 64.1 Å². The van der Waals surface area contributed by atoms with E-state index >= 15 is 0 Å². The monoisotopic (exact) mass is 439 g/mol. The minimum atomic E-state index is 0.101. The first kappa shape index (κ1) is 24.1. The number of ether oxygens (including phenoxy) is 3. The van der Waals surface area contributed by atoms with E-state index in [4.69, 9.17) is 14.2 Å². The molecule has 174 valence electrons. The van der Waals surface area contributed by atoms with Crippen LogP contribution in [0, 0.1) is 12.8 Å². The Labute approximate surface area is 192 Å². The molecule has 1 heterocycles. The van der Waals surface area contributed by atoms with Crippen molar-refractivity contribution in [2.24, 2.45) is 10.9 Å². The molecule has 0 spiro atoms. The molecule has 1 aliphatic heterocycles. The van der Waals surface area contributed by atoms with Gasteiger partial charge in [0.25, 0.3) is 0 Å². The third-order valence-corrected chi connectivity index (χ3v) is 5.64. The Morgan fingerprint density at radius 3 is 2.78 bits per heavy atom. The number of benzene rings is 2. The molecule has 32 heavy (non-hydrogen) atoms. The van der Waals surface area contributed by atoms with Crippen molar-refractivity contribution in [1.82, 2.24) is 10.6 Å². The molecule has 0 saturated carbocycles. The summed E-state index contributed by atoms with van der Waals surface area (Å²) in [6, 6.07) is 16.6. The smallest absolute Gasteiger partial charge is 0.191 e. The zero-order valence-corrected chi connectivity index (χ0v) is 19.6. The van der Waals surface area contributed by atoms with Gasteiger partial charge in [0.05, 0.1) is 19.3 Å². The van der Waals surface area contributed by atoms with Crippen LogP contribution in [0.3, 0.4) is 0 Å². The normalized spacial score (nSPS) is 17.2. The molecule has 2 aromatic carbocycles. The number of rotatable bonds is 11. The van der Waals surface area contributed by atoms with Gasteiger partial charge in [0, 0.05) is 44.8 Å². The van der Waals surface area contributed by atoms with E-state index in [1.54, 1.807) is 7.05 Å². The van der Waals surface area contributed by atoms with Crippen molar-refractivity contribution in [3.63, 3.8) is 0 Å². The number of hydrogen-bond donors (Lipinski definition) is 2. The summed E-state index contributed by atoms with van der Waals surface area (Å²) in [5, 5.41) is 6.75. The average molecular weight is 440 g/mol. The average Bonchev–Trinajstić information content (AvgIpc) is 3.34. The van der Waals surface area contributed by atoms with Crippen molar-refractivity contribution in [2.75, 3.05) is 40.0 Å². The van der Waals surface area contributed by atoms with Crippen LogP contribution < -0.4 is 15.4 Å². The molecular weight excluding hydrogens is 402 g/mol. The Hall–Kier alpha value is -2.57. The largest absolute Gasteiger partial charge is 0.493 e.